The van der Waals surface area contributed by atoms with Crippen molar-refractivity contribution in [3.63, 3.8) is 0 Å². The molecule has 0 unspecified atom stereocenters. The van der Waals surface area contributed by atoms with Crippen LogP contribution in [0.15, 0.2) is 18.2 Å². The number of esters is 1. The molecule has 1 heterocycles. The van der Waals surface area contributed by atoms with Crippen molar-refractivity contribution in [1.29, 1.82) is 0 Å². The van der Waals surface area contributed by atoms with Gasteiger partial charge in [0.2, 0.25) is 0 Å². The van der Waals surface area contributed by atoms with Crippen molar-refractivity contribution in [2.45, 2.75) is 57.2 Å². The zero-order valence-electron chi connectivity index (χ0n) is 13.2. The molecular formula is C18H22N2O2. The van der Waals surface area contributed by atoms with Crippen LogP contribution in [-0.2, 0) is 22.4 Å². The zero-order valence-corrected chi connectivity index (χ0v) is 13.2. The summed E-state index contributed by atoms with van der Waals surface area (Å²) in [6.45, 7) is 11.7. The lowest BCUT2D eigenvalue weighted by atomic mass is 9.87. The van der Waals surface area contributed by atoms with Crippen molar-refractivity contribution in [3.05, 3.63) is 46.3 Å². The molecule has 1 aromatic carbocycles. The number of aryl methyl sites for hydroxylation is 2. The van der Waals surface area contributed by atoms with E-state index in [0.29, 0.717) is 13.0 Å². The average molecular weight is 298 g/mol. The van der Waals surface area contributed by atoms with Crippen LogP contribution in [0.2, 0.25) is 0 Å². The number of nitrogens with zero attached hydrogens (tertiary/aromatic N) is 1. The molecule has 2 aliphatic rings. The van der Waals surface area contributed by atoms with Crippen molar-refractivity contribution < 1.29 is 9.53 Å². The molecule has 116 valence electrons. The molecule has 4 heteroatoms. The first-order chi connectivity index (χ1) is 10.6. The number of benzene rings is 1. The number of hydrogen-bond acceptors (Lipinski definition) is 3. The van der Waals surface area contributed by atoms with Crippen molar-refractivity contribution in [1.82, 2.24) is 5.32 Å². The Balaban J connectivity index is 1.88. The SMILES string of the molecule is [C-]#[N+][C@@]1(C)C[C@@H](C(=O)OCC)N[C@H]1c1ccc2c(c1)CCC2. The summed E-state index contributed by atoms with van der Waals surface area (Å²) in [7, 11) is 0. The van der Waals surface area contributed by atoms with E-state index in [2.05, 4.69) is 28.4 Å². The highest BCUT2D eigenvalue weighted by molar-refractivity contribution is 5.77. The Bertz CT molecular complexity index is 634. The van der Waals surface area contributed by atoms with Crippen molar-refractivity contribution >= 4 is 5.97 Å². The molecular weight excluding hydrogens is 276 g/mol. The second-order valence-electron chi connectivity index (χ2n) is 6.46. The fourth-order valence-corrected chi connectivity index (χ4v) is 3.70. The van der Waals surface area contributed by atoms with E-state index < -0.39 is 11.6 Å². The number of nitrogens with one attached hydrogen (secondary N) is 1. The topological polar surface area (TPSA) is 42.7 Å². The third-order valence-electron chi connectivity index (χ3n) is 4.89. The normalized spacial score (nSPS) is 29.9. The monoisotopic (exact) mass is 298 g/mol. The van der Waals surface area contributed by atoms with Gasteiger partial charge < -0.3 is 9.58 Å². The van der Waals surface area contributed by atoms with Crippen LogP contribution < -0.4 is 5.32 Å². The molecule has 1 N–H and O–H groups in total. The van der Waals surface area contributed by atoms with Gasteiger partial charge in [-0.25, -0.2) is 6.57 Å². The molecule has 3 atom stereocenters. The second kappa shape index (κ2) is 5.73. The van der Waals surface area contributed by atoms with Gasteiger partial charge in [0.25, 0.3) is 5.54 Å². The summed E-state index contributed by atoms with van der Waals surface area (Å²) in [5.41, 5.74) is 3.33. The molecule has 1 fully saturated rings. The summed E-state index contributed by atoms with van der Waals surface area (Å²) in [5.74, 6) is -0.249. The summed E-state index contributed by atoms with van der Waals surface area (Å²) in [5, 5.41) is 3.34. The Morgan fingerprint density at radius 3 is 2.95 bits per heavy atom. The molecule has 1 saturated heterocycles. The zero-order chi connectivity index (χ0) is 15.7. The van der Waals surface area contributed by atoms with Gasteiger partial charge in [0.1, 0.15) is 12.1 Å². The number of carbonyl (C=O) groups is 1. The maximum absolute atomic E-state index is 12.0. The second-order valence-corrected chi connectivity index (χ2v) is 6.46. The standard InChI is InChI=1S/C18H22N2O2/c1-4-22-17(21)15-11-18(2,19-3)16(20-15)14-9-8-12-6-5-7-13(12)10-14/h8-10,15-16,20H,4-7,11H2,1-2H3/t15-,16-,18-/m0/s1. The third-order valence-corrected chi connectivity index (χ3v) is 4.89. The molecule has 3 rings (SSSR count). The molecule has 0 saturated carbocycles. The first-order valence-corrected chi connectivity index (χ1v) is 8.00. The van der Waals surface area contributed by atoms with Gasteiger partial charge in [-0.3, -0.25) is 10.1 Å². The van der Waals surface area contributed by atoms with Crippen LogP contribution in [0.5, 0.6) is 0 Å². The van der Waals surface area contributed by atoms with E-state index in [1.807, 2.05) is 6.92 Å². The molecule has 1 aliphatic heterocycles. The largest absolute Gasteiger partial charge is 0.465 e. The Morgan fingerprint density at radius 1 is 1.45 bits per heavy atom. The summed E-state index contributed by atoms with van der Waals surface area (Å²) in [6, 6.07) is 6.00. The highest BCUT2D eigenvalue weighted by atomic mass is 16.5. The Labute approximate surface area is 131 Å². The quantitative estimate of drug-likeness (QED) is 0.689. The number of hydrogen-bond donors (Lipinski definition) is 1. The van der Waals surface area contributed by atoms with Gasteiger partial charge in [-0.2, -0.15) is 0 Å². The van der Waals surface area contributed by atoms with Gasteiger partial charge in [0.05, 0.1) is 13.0 Å². The number of carbonyl (C=O) groups excluding carboxylic acids is 1. The van der Waals surface area contributed by atoms with E-state index >= 15 is 0 Å². The molecule has 1 aromatic rings. The Morgan fingerprint density at radius 2 is 2.23 bits per heavy atom. The molecule has 0 aromatic heterocycles. The number of rotatable bonds is 3. The van der Waals surface area contributed by atoms with Crippen LogP contribution in [0.1, 0.15) is 49.4 Å². The maximum Gasteiger partial charge on any atom is 0.323 e. The third kappa shape index (κ3) is 2.50. The fourth-order valence-electron chi connectivity index (χ4n) is 3.70. The van der Waals surface area contributed by atoms with Gasteiger partial charge in [0.15, 0.2) is 0 Å². The van der Waals surface area contributed by atoms with E-state index in [1.54, 1.807) is 6.92 Å². The Hall–Kier alpha value is -1.86. The number of fused-ring (bicyclic) bond motifs is 1. The predicted octanol–water partition coefficient (Wildman–Crippen LogP) is 2.82. The minimum absolute atomic E-state index is 0.120. The summed E-state index contributed by atoms with van der Waals surface area (Å²) < 4.78 is 5.12. The minimum Gasteiger partial charge on any atom is -0.465 e. The lowest BCUT2D eigenvalue weighted by Crippen LogP contribution is -2.34. The fraction of sp³-hybridized carbons (Fsp3) is 0.556. The molecule has 0 spiro atoms. The molecule has 0 radical (unpaired) electrons. The van der Waals surface area contributed by atoms with Crippen LogP contribution in [0.25, 0.3) is 4.85 Å². The minimum atomic E-state index is -0.607. The van der Waals surface area contributed by atoms with Crippen molar-refractivity contribution in [2.75, 3.05) is 6.61 Å². The van der Waals surface area contributed by atoms with E-state index in [-0.39, 0.29) is 12.0 Å². The van der Waals surface area contributed by atoms with Gasteiger partial charge in [-0.1, -0.05) is 18.2 Å². The lowest BCUT2D eigenvalue weighted by molar-refractivity contribution is -0.145. The first kappa shape index (κ1) is 15.1. The van der Waals surface area contributed by atoms with Crippen molar-refractivity contribution in [2.24, 2.45) is 0 Å². The summed E-state index contributed by atoms with van der Waals surface area (Å²) in [6.07, 6.45) is 3.98. The summed E-state index contributed by atoms with van der Waals surface area (Å²) >= 11 is 0. The summed E-state index contributed by atoms with van der Waals surface area (Å²) in [4.78, 5) is 15.9. The van der Waals surface area contributed by atoms with Crippen molar-refractivity contribution in [3.8, 4) is 0 Å². The van der Waals surface area contributed by atoms with Crippen LogP contribution in [0.4, 0.5) is 0 Å². The van der Waals surface area contributed by atoms with Gasteiger partial charge in [0, 0.05) is 6.92 Å². The first-order valence-electron chi connectivity index (χ1n) is 8.00. The Kier molecular flexibility index (Phi) is 3.92. The van der Waals surface area contributed by atoms with Crippen LogP contribution in [0.3, 0.4) is 0 Å². The van der Waals surface area contributed by atoms with Crippen LogP contribution in [-0.4, -0.2) is 24.2 Å². The highest BCUT2D eigenvalue weighted by Gasteiger charge is 2.52. The maximum atomic E-state index is 12.0. The highest BCUT2D eigenvalue weighted by Crippen LogP contribution is 2.40. The van der Waals surface area contributed by atoms with E-state index in [0.717, 1.165) is 18.4 Å². The predicted molar refractivity (Wildman–Crippen MR) is 84.4 cm³/mol. The van der Waals surface area contributed by atoms with Gasteiger partial charge in [-0.05, 0) is 42.9 Å². The van der Waals surface area contributed by atoms with E-state index in [4.69, 9.17) is 11.3 Å². The van der Waals surface area contributed by atoms with Gasteiger partial charge in [-0.15, -0.1) is 0 Å². The van der Waals surface area contributed by atoms with E-state index in [9.17, 15) is 4.79 Å². The molecule has 4 nitrogen and oxygen atoms in total. The lowest BCUT2D eigenvalue weighted by Gasteiger charge is -2.20. The van der Waals surface area contributed by atoms with Gasteiger partial charge >= 0.3 is 5.97 Å². The van der Waals surface area contributed by atoms with Crippen LogP contribution in [0, 0.1) is 6.57 Å². The molecule has 0 bridgehead atoms. The molecule has 1 aliphatic carbocycles. The molecule has 22 heavy (non-hydrogen) atoms. The molecule has 0 amide bonds. The van der Waals surface area contributed by atoms with E-state index in [1.165, 1.54) is 17.5 Å². The number of ether oxygens (including phenoxy) is 1. The smallest absolute Gasteiger partial charge is 0.323 e. The average Bonchev–Trinajstić information content (AvgIpc) is 3.11. The van der Waals surface area contributed by atoms with Crippen LogP contribution >= 0.6 is 0 Å².